The number of hydrogen-bond acceptors (Lipinski definition) is 3. The Bertz CT molecular complexity index is 1220. The molecule has 4 aromatic rings. The number of aromatic nitrogens is 1. The first-order valence-electron chi connectivity index (χ1n) is 9.70. The number of benzene rings is 3. The molecule has 0 fully saturated rings. The monoisotopic (exact) mass is 395 g/mol. The first-order chi connectivity index (χ1) is 14.7. The molecule has 5 heteroatoms. The standard InChI is InChI=1S/C25H21N3O2/c1-26-24(29)19-11-7-8-17(14-19)16-27-25(30)21-15-23(18-9-3-2-4-10-18)28-22-13-6-5-12-20(21)22/h2-15H,16H2,1H3,(H,26,29)(H,27,30). The molecule has 4 rings (SSSR count). The highest BCUT2D eigenvalue weighted by Crippen LogP contribution is 2.24. The van der Waals surface area contributed by atoms with Crippen LogP contribution >= 0.6 is 0 Å². The average molecular weight is 395 g/mol. The number of nitrogens with one attached hydrogen (secondary N) is 2. The van der Waals surface area contributed by atoms with Crippen molar-refractivity contribution in [3.05, 3.63) is 102 Å². The molecule has 0 atom stereocenters. The Labute approximate surface area is 174 Å². The van der Waals surface area contributed by atoms with Crippen LogP contribution in [-0.2, 0) is 6.54 Å². The quantitative estimate of drug-likeness (QED) is 0.532. The van der Waals surface area contributed by atoms with Crippen LogP contribution in [0.3, 0.4) is 0 Å². The lowest BCUT2D eigenvalue weighted by Gasteiger charge is -2.11. The molecule has 148 valence electrons. The average Bonchev–Trinajstić information content (AvgIpc) is 2.82. The Morgan fingerprint density at radius 3 is 2.40 bits per heavy atom. The normalized spacial score (nSPS) is 10.6. The topological polar surface area (TPSA) is 71.1 Å². The number of rotatable bonds is 5. The second-order valence-electron chi connectivity index (χ2n) is 6.90. The molecular formula is C25H21N3O2. The summed E-state index contributed by atoms with van der Waals surface area (Å²) in [6.45, 7) is 0.320. The number of para-hydroxylation sites is 1. The summed E-state index contributed by atoms with van der Waals surface area (Å²) in [5, 5.41) is 6.38. The van der Waals surface area contributed by atoms with E-state index in [0.717, 1.165) is 27.7 Å². The van der Waals surface area contributed by atoms with Crippen LogP contribution in [0.25, 0.3) is 22.2 Å². The van der Waals surface area contributed by atoms with E-state index in [2.05, 4.69) is 10.6 Å². The molecule has 2 amide bonds. The third kappa shape index (κ3) is 4.05. The molecule has 1 aromatic heterocycles. The number of carbonyl (C=O) groups is 2. The molecule has 0 saturated heterocycles. The van der Waals surface area contributed by atoms with Crippen LogP contribution < -0.4 is 10.6 Å². The SMILES string of the molecule is CNC(=O)c1cccc(CNC(=O)c2cc(-c3ccccc3)nc3ccccc23)c1. The Balaban J connectivity index is 1.64. The van der Waals surface area contributed by atoms with Gasteiger partial charge in [-0.1, -0.05) is 60.7 Å². The van der Waals surface area contributed by atoms with E-state index in [1.807, 2.05) is 66.7 Å². The van der Waals surface area contributed by atoms with Gasteiger partial charge in [0.1, 0.15) is 0 Å². The summed E-state index contributed by atoms with van der Waals surface area (Å²) in [4.78, 5) is 29.6. The molecular weight excluding hydrogens is 374 g/mol. The van der Waals surface area contributed by atoms with Gasteiger partial charge in [-0.3, -0.25) is 9.59 Å². The van der Waals surface area contributed by atoms with Crippen molar-refractivity contribution < 1.29 is 9.59 Å². The predicted molar refractivity (Wildman–Crippen MR) is 118 cm³/mol. The van der Waals surface area contributed by atoms with Crippen LogP contribution in [0, 0.1) is 0 Å². The van der Waals surface area contributed by atoms with E-state index in [-0.39, 0.29) is 11.8 Å². The second kappa shape index (κ2) is 8.57. The van der Waals surface area contributed by atoms with Crippen LogP contribution in [-0.4, -0.2) is 23.8 Å². The fraction of sp³-hybridized carbons (Fsp3) is 0.0800. The Kier molecular flexibility index (Phi) is 5.52. The van der Waals surface area contributed by atoms with E-state index < -0.39 is 0 Å². The molecule has 2 N–H and O–H groups in total. The summed E-state index contributed by atoms with van der Waals surface area (Å²) in [6, 6.07) is 26.5. The van der Waals surface area contributed by atoms with Gasteiger partial charge >= 0.3 is 0 Å². The van der Waals surface area contributed by atoms with Gasteiger partial charge in [-0.2, -0.15) is 0 Å². The van der Waals surface area contributed by atoms with Crippen molar-refractivity contribution in [2.45, 2.75) is 6.54 Å². The maximum atomic E-state index is 13.1. The zero-order valence-electron chi connectivity index (χ0n) is 16.6. The minimum absolute atomic E-state index is 0.157. The summed E-state index contributed by atoms with van der Waals surface area (Å²) in [7, 11) is 1.59. The van der Waals surface area contributed by atoms with Gasteiger partial charge in [0, 0.05) is 30.1 Å². The molecule has 0 spiro atoms. The van der Waals surface area contributed by atoms with Crippen LogP contribution in [0.1, 0.15) is 26.3 Å². The van der Waals surface area contributed by atoms with Crippen LogP contribution in [0.4, 0.5) is 0 Å². The first kappa shape index (κ1) is 19.3. The Morgan fingerprint density at radius 2 is 1.60 bits per heavy atom. The van der Waals surface area contributed by atoms with Crippen molar-refractivity contribution in [1.29, 1.82) is 0 Å². The van der Waals surface area contributed by atoms with Crippen molar-refractivity contribution in [2.75, 3.05) is 7.05 Å². The summed E-state index contributed by atoms with van der Waals surface area (Å²) in [5.74, 6) is -0.341. The fourth-order valence-electron chi connectivity index (χ4n) is 3.36. The van der Waals surface area contributed by atoms with E-state index in [1.54, 1.807) is 25.2 Å². The molecule has 0 radical (unpaired) electrons. The number of amides is 2. The van der Waals surface area contributed by atoms with E-state index in [9.17, 15) is 9.59 Å². The molecule has 0 unspecified atom stereocenters. The minimum atomic E-state index is -0.184. The second-order valence-corrected chi connectivity index (χ2v) is 6.90. The van der Waals surface area contributed by atoms with Crippen molar-refractivity contribution >= 4 is 22.7 Å². The van der Waals surface area contributed by atoms with E-state index in [1.165, 1.54) is 0 Å². The highest BCUT2D eigenvalue weighted by Gasteiger charge is 2.14. The zero-order chi connectivity index (χ0) is 20.9. The van der Waals surface area contributed by atoms with E-state index in [4.69, 9.17) is 4.98 Å². The van der Waals surface area contributed by atoms with Crippen molar-refractivity contribution in [3.63, 3.8) is 0 Å². The van der Waals surface area contributed by atoms with Crippen LogP contribution in [0.5, 0.6) is 0 Å². The third-order valence-electron chi connectivity index (χ3n) is 4.90. The summed E-state index contributed by atoms with van der Waals surface area (Å²) < 4.78 is 0. The van der Waals surface area contributed by atoms with Gasteiger partial charge in [-0.15, -0.1) is 0 Å². The van der Waals surface area contributed by atoms with Gasteiger partial charge in [0.05, 0.1) is 16.8 Å². The molecule has 0 saturated carbocycles. The van der Waals surface area contributed by atoms with Gasteiger partial charge < -0.3 is 10.6 Å². The van der Waals surface area contributed by atoms with E-state index >= 15 is 0 Å². The highest BCUT2D eigenvalue weighted by molar-refractivity contribution is 6.07. The molecule has 0 aliphatic rings. The summed E-state index contributed by atoms with van der Waals surface area (Å²) in [5.41, 5.74) is 4.46. The summed E-state index contributed by atoms with van der Waals surface area (Å²) in [6.07, 6.45) is 0. The van der Waals surface area contributed by atoms with Crippen LogP contribution in [0.15, 0.2) is 84.9 Å². The fourth-order valence-corrected chi connectivity index (χ4v) is 3.36. The van der Waals surface area contributed by atoms with Gasteiger partial charge in [0.2, 0.25) is 0 Å². The Morgan fingerprint density at radius 1 is 0.833 bits per heavy atom. The van der Waals surface area contributed by atoms with Crippen molar-refractivity contribution in [3.8, 4) is 11.3 Å². The third-order valence-corrected chi connectivity index (χ3v) is 4.90. The zero-order valence-corrected chi connectivity index (χ0v) is 16.6. The highest BCUT2D eigenvalue weighted by atomic mass is 16.2. The number of fused-ring (bicyclic) bond motifs is 1. The van der Waals surface area contributed by atoms with Gasteiger partial charge in [0.25, 0.3) is 11.8 Å². The first-order valence-corrected chi connectivity index (χ1v) is 9.70. The minimum Gasteiger partial charge on any atom is -0.355 e. The number of hydrogen-bond donors (Lipinski definition) is 2. The number of pyridine rings is 1. The molecule has 5 nitrogen and oxygen atoms in total. The lowest BCUT2D eigenvalue weighted by molar-refractivity contribution is 0.0950. The number of carbonyl (C=O) groups excluding carboxylic acids is 2. The smallest absolute Gasteiger partial charge is 0.252 e. The molecule has 30 heavy (non-hydrogen) atoms. The maximum absolute atomic E-state index is 13.1. The lowest BCUT2D eigenvalue weighted by atomic mass is 10.0. The summed E-state index contributed by atoms with van der Waals surface area (Å²) >= 11 is 0. The molecule has 0 aliphatic heterocycles. The maximum Gasteiger partial charge on any atom is 0.252 e. The van der Waals surface area contributed by atoms with Gasteiger partial charge in [-0.05, 0) is 29.8 Å². The molecule has 3 aromatic carbocycles. The van der Waals surface area contributed by atoms with Gasteiger partial charge in [-0.25, -0.2) is 4.98 Å². The van der Waals surface area contributed by atoms with Crippen LogP contribution in [0.2, 0.25) is 0 Å². The Hall–Kier alpha value is -3.99. The van der Waals surface area contributed by atoms with Gasteiger partial charge in [0.15, 0.2) is 0 Å². The lowest BCUT2D eigenvalue weighted by Crippen LogP contribution is -2.24. The largest absolute Gasteiger partial charge is 0.355 e. The number of nitrogens with zero attached hydrogens (tertiary/aromatic N) is 1. The van der Waals surface area contributed by atoms with E-state index in [0.29, 0.717) is 17.7 Å². The molecule has 0 bridgehead atoms. The predicted octanol–water partition coefficient (Wildman–Crippen LogP) is 4.19. The van der Waals surface area contributed by atoms with Crippen molar-refractivity contribution in [2.24, 2.45) is 0 Å². The van der Waals surface area contributed by atoms with Crippen molar-refractivity contribution in [1.82, 2.24) is 15.6 Å². The molecule has 0 aliphatic carbocycles. The molecule has 1 heterocycles.